The van der Waals surface area contributed by atoms with E-state index < -0.39 is 4.92 Å². The van der Waals surface area contributed by atoms with E-state index in [2.05, 4.69) is 4.98 Å². The molecular weight excluding hydrogens is 194 g/mol. The van der Waals surface area contributed by atoms with Crippen molar-refractivity contribution in [2.75, 3.05) is 0 Å². The van der Waals surface area contributed by atoms with E-state index in [4.69, 9.17) is 5.39 Å². The minimum atomic E-state index is -0.455. The van der Waals surface area contributed by atoms with Gasteiger partial charge in [0.25, 0.3) is 5.69 Å². The molecule has 0 aliphatic rings. The third-order valence-corrected chi connectivity index (χ3v) is 2.18. The molecule has 72 valence electrons. The topological polar surface area (TPSA) is 71.3 Å². The zero-order valence-electron chi connectivity index (χ0n) is 7.62. The Bertz CT molecular complexity index is 587. The normalized spacial score (nSPS) is 9.80. The molecule has 0 radical (unpaired) electrons. The van der Waals surface area contributed by atoms with E-state index >= 15 is 0 Å². The fourth-order valence-corrected chi connectivity index (χ4v) is 1.51. The summed E-state index contributed by atoms with van der Waals surface area (Å²) in [6, 6.07) is 9.49. The Balaban J connectivity index is 2.91. The number of benzene rings is 2. The van der Waals surface area contributed by atoms with Crippen LogP contribution in [0.3, 0.4) is 0 Å². The van der Waals surface area contributed by atoms with Gasteiger partial charge in [0.05, 0.1) is 15.7 Å². The van der Waals surface area contributed by atoms with E-state index in [0.717, 1.165) is 0 Å². The van der Waals surface area contributed by atoms with E-state index in [-0.39, 0.29) is 5.69 Å². The molecule has 2 rings (SSSR count). The molecule has 15 heavy (non-hydrogen) atoms. The molecule has 2 aromatic carbocycles. The molecule has 5 nitrogen and oxygen atoms in total. The number of non-ortho nitro benzene ring substituents is 1. The van der Waals surface area contributed by atoms with Gasteiger partial charge in [-0.1, -0.05) is 12.1 Å². The molecule has 0 spiro atoms. The highest BCUT2D eigenvalue weighted by molar-refractivity contribution is 5.99. The SMILES string of the molecule is N#[N+]c1ccc([N+](=O)[O-])c2ccccc12. The van der Waals surface area contributed by atoms with Crippen molar-refractivity contribution in [1.29, 1.82) is 5.39 Å². The molecular formula is C10H6N3O2+. The fraction of sp³-hybridized carbons (Fsp3) is 0. The number of diazo groups is 1. The molecule has 5 heteroatoms. The van der Waals surface area contributed by atoms with Gasteiger partial charge in [0.1, 0.15) is 0 Å². The van der Waals surface area contributed by atoms with Crippen LogP contribution in [-0.2, 0) is 0 Å². The van der Waals surface area contributed by atoms with Crippen LogP contribution in [0, 0.1) is 15.5 Å². The highest BCUT2D eigenvalue weighted by Crippen LogP contribution is 2.32. The van der Waals surface area contributed by atoms with Gasteiger partial charge in [0.2, 0.25) is 5.39 Å². The Labute approximate surface area is 84.7 Å². The minimum Gasteiger partial charge on any atom is -0.258 e. The minimum absolute atomic E-state index is 0.0120. The van der Waals surface area contributed by atoms with E-state index in [0.29, 0.717) is 16.5 Å². The van der Waals surface area contributed by atoms with Crippen LogP contribution in [0.5, 0.6) is 0 Å². The molecule has 0 aromatic heterocycles. The van der Waals surface area contributed by atoms with Crippen molar-refractivity contribution in [2.45, 2.75) is 0 Å². The first-order chi connectivity index (χ1) is 7.24. The zero-order chi connectivity index (χ0) is 10.8. The van der Waals surface area contributed by atoms with Crippen LogP contribution in [0.4, 0.5) is 11.4 Å². The van der Waals surface area contributed by atoms with Crippen molar-refractivity contribution in [2.24, 2.45) is 0 Å². The lowest BCUT2D eigenvalue weighted by Gasteiger charge is -1.95. The predicted octanol–water partition coefficient (Wildman–Crippen LogP) is 3.23. The van der Waals surface area contributed by atoms with Gasteiger partial charge in [0, 0.05) is 12.1 Å². The first kappa shape index (κ1) is 9.09. The first-order valence-electron chi connectivity index (χ1n) is 4.25. The Hall–Kier alpha value is -2.48. The van der Waals surface area contributed by atoms with Crippen LogP contribution in [0.2, 0.25) is 0 Å². The maximum absolute atomic E-state index is 10.7. The van der Waals surface area contributed by atoms with Crippen molar-refractivity contribution in [3.63, 3.8) is 0 Å². The lowest BCUT2D eigenvalue weighted by molar-refractivity contribution is -0.383. The molecule has 0 fully saturated rings. The summed E-state index contributed by atoms with van der Waals surface area (Å²) < 4.78 is 0. The van der Waals surface area contributed by atoms with Crippen LogP contribution >= 0.6 is 0 Å². The van der Waals surface area contributed by atoms with Gasteiger partial charge in [-0.3, -0.25) is 10.1 Å². The monoisotopic (exact) mass is 200 g/mol. The Kier molecular flexibility index (Phi) is 2.03. The van der Waals surface area contributed by atoms with Crippen molar-refractivity contribution in [3.8, 4) is 0 Å². The van der Waals surface area contributed by atoms with Crippen LogP contribution in [0.1, 0.15) is 0 Å². The lowest BCUT2D eigenvalue weighted by Crippen LogP contribution is -1.88. The molecule has 0 saturated carbocycles. The average Bonchev–Trinajstić information content (AvgIpc) is 2.27. The average molecular weight is 200 g/mol. The summed E-state index contributed by atoms with van der Waals surface area (Å²) in [7, 11) is 0. The number of hydrogen-bond acceptors (Lipinski definition) is 3. The molecule has 0 saturated heterocycles. The van der Waals surface area contributed by atoms with Gasteiger partial charge >= 0.3 is 5.69 Å². The molecule has 2 aromatic rings. The highest BCUT2D eigenvalue weighted by atomic mass is 16.6. The van der Waals surface area contributed by atoms with Crippen LogP contribution in [-0.4, -0.2) is 4.92 Å². The number of nitro groups is 1. The zero-order valence-corrected chi connectivity index (χ0v) is 7.62. The van der Waals surface area contributed by atoms with Gasteiger partial charge < -0.3 is 0 Å². The summed E-state index contributed by atoms with van der Waals surface area (Å²) in [6.07, 6.45) is 0. The fourth-order valence-electron chi connectivity index (χ4n) is 1.51. The summed E-state index contributed by atoms with van der Waals surface area (Å²) in [5, 5.41) is 20.5. The lowest BCUT2D eigenvalue weighted by atomic mass is 10.1. The predicted molar refractivity (Wildman–Crippen MR) is 55.3 cm³/mol. The van der Waals surface area contributed by atoms with Crippen molar-refractivity contribution in [1.82, 2.24) is 0 Å². The standard InChI is InChI=1S/C10H6N3O2/c11-12-9-5-6-10(13(14)15)8-4-2-1-3-7(8)9/h1-6H/q+1. The van der Waals surface area contributed by atoms with Crippen LogP contribution in [0.15, 0.2) is 36.4 Å². The molecule has 0 amide bonds. The maximum atomic E-state index is 10.7. The molecule has 0 aliphatic heterocycles. The third kappa shape index (κ3) is 1.38. The highest BCUT2D eigenvalue weighted by Gasteiger charge is 2.19. The molecule has 0 aliphatic carbocycles. The molecule has 0 atom stereocenters. The molecule has 0 heterocycles. The largest absolute Gasteiger partial charge is 0.393 e. The molecule has 0 unspecified atom stereocenters. The smallest absolute Gasteiger partial charge is 0.258 e. The first-order valence-corrected chi connectivity index (χ1v) is 4.25. The summed E-state index contributed by atoms with van der Waals surface area (Å²) in [4.78, 5) is 13.3. The summed E-state index contributed by atoms with van der Waals surface area (Å²) >= 11 is 0. The number of nitro benzene ring substituents is 1. The van der Waals surface area contributed by atoms with Gasteiger partial charge in [-0.25, -0.2) is 0 Å². The van der Waals surface area contributed by atoms with E-state index in [1.165, 1.54) is 12.1 Å². The van der Waals surface area contributed by atoms with E-state index in [1.54, 1.807) is 24.3 Å². The van der Waals surface area contributed by atoms with Gasteiger partial charge in [-0.05, 0) is 12.1 Å². The van der Waals surface area contributed by atoms with Crippen molar-refractivity contribution in [3.05, 3.63) is 51.5 Å². The quantitative estimate of drug-likeness (QED) is 0.403. The molecule has 0 bridgehead atoms. The van der Waals surface area contributed by atoms with E-state index in [9.17, 15) is 10.1 Å². The summed E-state index contributed by atoms with van der Waals surface area (Å²) in [5.41, 5.74) is 0.342. The Morgan fingerprint density at radius 3 is 2.40 bits per heavy atom. The van der Waals surface area contributed by atoms with Gasteiger partial charge in [-0.2, -0.15) is 0 Å². The van der Waals surface area contributed by atoms with Crippen molar-refractivity contribution >= 4 is 22.1 Å². The third-order valence-electron chi connectivity index (χ3n) is 2.18. The number of fused-ring (bicyclic) bond motifs is 1. The molecule has 0 N–H and O–H groups in total. The van der Waals surface area contributed by atoms with Gasteiger partial charge in [-0.15, -0.1) is 0 Å². The Morgan fingerprint density at radius 2 is 1.80 bits per heavy atom. The second-order valence-corrected chi connectivity index (χ2v) is 3.01. The summed E-state index contributed by atoms with van der Waals surface area (Å²) in [6.45, 7) is 0. The van der Waals surface area contributed by atoms with Gasteiger partial charge in [0.15, 0.2) is 4.98 Å². The van der Waals surface area contributed by atoms with Crippen LogP contribution < -0.4 is 0 Å². The number of hydrogen-bond donors (Lipinski definition) is 0. The maximum Gasteiger partial charge on any atom is 0.393 e. The number of rotatable bonds is 1. The summed E-state index contributed by atoms with van der Waals surface area (Å²) in [5.74, 6) is 0. The second-order valence-electron chi connectivity index (χ2n) is 3.01. The second kappa shape index (κ2) is 3.35. The Morgan fingerprint density at radius 1 is 1.13 bits per heavy atom. The van der Waals surface area contributed by atoms with E-state index in [1.807, 2.05) is 0 Å². The number of nitrogens with zero attached hydrogens (tertiary/aromatic N) is 3. The van der Waals surface area contributed by atoms with Crippen LogP contribution in [0.25, 0.3) is 15.7 Å². The van der Waals surface area contributed by atoms with Crippen molar-refractivity contribution < 1.29 is 4.92 Å².